The van der Waals surface area contributed by atoms with Gasteiger partial charge in [-0.3, -0.25) is 0 Å². The van der Waals surface area contributed by atoms with Crippen molar-refractivity contribution in [2.24, 2.45) is 22.7 Å². The maximum absolute atomic E-state index is 12.0. The molecule has 0 unspecified atom stereocenters. The molecule has 0 aromatic carbocycles. The number of hydrogen-bond donors (Lipinski definition) is 0. The van der Waals surface area contributed by atoms with E-state index in [1.54, 1.807) is 0 Å². The minimum atomic E-state index is -0.437. The largest absolute Gasteiger partial charge is 0.459 e. The molecule has 0 atom stereocenters. The maximum Gasteiger partial charge on any atom is 0.331 e. The van der Waals surface area contributed by atoms with Crippen molar-refractivity contribution in [1.82, 2.24) is 0 Å². The Morgan fingerprint density at radius 3 is 1.14 bits per heavy atom. The summed E-state index contributed by atoms with van der Waals surface area (Å²) in [4.78, 5) is 24.0. The van der Waals surface area contributed by atoms with Crippen LogP contribution in [0.3, 0.4) is 0 Å². The standard InChI is InChI=1S/C24H40O4/c1-23(2,3)17-7-11-19(12-8-17)27-21(25)15-16-22(26)28-20-13-9-18(10-14-20)24(4,5)6/h15-20H,7-14H2,1-6H3/b16-15+. The van der Waals surface area contributed by atoms with Gasteiger partial charge in [0.15, 0.2) is 0 Å². The second-order valence-corrected chi connectivity index (χ2v) is 10.9. The Morgan fingerprint density at radius 2 is 0.893 bits per heavy atom. The third kappa shape index (κ3) is 7.25. The third-order valence-corrected chi connectivity index (χ3v) is 6.72. The molecular weight excluding hydrogens is 352 g/mol. The van der Waals surface area contributed by atoms with Gasteiger partial charge >= 0.3 is 11.9 Å². The Kier molecular flexibility index (Phi) is 7.75. The Morgan fingerprint density at radius 1 is 0.607 bits per heavy atom. The summed E-state index contributed by atoms with van der Waals surface area (Å²) in [6.45, 7) is 13.6. The van der Waals surface area contributed by atoms with Gasteiger partial charge in [-0.15, -0.1) is 0 Å². The van der Waals surface area contributed by atoms with E-state index in [1.807, 2.05) is 0 Å². The Balaban J connectivity index is 1.68. The number of carbonyl (C=O) groups is 2. The smallest absolute Gasteiger partial charge is 0.331 e. The molecule has 0 spiro atoms. The molecule has 0 saturated heterocycles. The fraction of sp³-hybridized carbons (Fsp3) is 0.833. The van der Waals surface area contributed by atoms with Crippen molar-refractivity contribution < 1.29 is 19.1 Å². The van der Waals surface area contributed by atoms with Crippen LogP contribution in [0.4, 0.5) is 0 Å². The fourth-order valence-corrected chi connectivity index (χ4v) is 4.64. The molecule has 0 aromatic rings. The molecular formula is C24H40O4. The Hall–Kier alpha value is -1.32. The van der Waals surface area contributed by atoms with E-state index in [2.05, 4.69) is 41.5 Å². The summed E-state index contributed by atoms with van der Waals surface area (Å²) < 4.78 is 11.0. The van der Waals surface area contributed by atoms with Crippen LogP contribution in [0.1, 0.15) is 92.9 Å². The van der Waals surface area contributed by atoms with Crippen LogP contribution in [0, 0.1) is 22.7 Å². The van der Waals surface area contributed by atoms with E-state index in [9.17, 15) is 9.59 Å². The SMILES string of the molecule is CC(C)(C)C1CCC(OC(=O)/C=C/C(=O)OC2CCC(C(C)(C)C)CC2)CC1. The highest BCUT2D eigenvalue weighted by atomic mass is 16.5. The maximum atomic E-state index is 12.0. The van der Waals surface area contributed by atoms with Crippen LogP contribution in [0.15, 0.2) is 12.2 Å². The van der Waals surface area contributed by atoms with Gasteiger partial charge < -0.3 is 9.47 Å². The lowest BCUT2D eigenvalue weighted by Gasteiger charge is -2.36. The molecule has 4 nitrogen and oxygen atoms in total. The highest BCUT2D eigenvalue weighted by Crippen LogP contribution is 2.39. The van der Waals surface area contributed by atoms with E-state index < -0.39 is 11.9 Å². The average molecular weight is 393 g/mol. The number of esters is 2. The molecule has 0 N–H and O–H groups in total. The molecule has 0 aliphatic heterocycles. The highest BCUT2D eigenvalue weighted by Gasteiger charge is 2.32. The number of carbonyl (C=O) groups excluding carboxylic acids is 2. The van der Waals surface area contributed by atoms with Crippen molar-refractivity contribution >= 4 is 11.9 Å². The first-order chi connectivity index (χ1) is 12.9. The van der Waals surface area contributed by atoms with Gasteiger partial charge in [-0.1, -0.05) is 41.5 Å². The van der Waals surface area contributed by atoms with Gasteiger partial charge in [0.1, 0.15) is 12.2 Å². The first kappa shape index (κ1) is 23.0. The van der Waals surface area contributed by atoms with E-state index in [0.717, 1.165) is 51.4 Å². The second kappa shape index (κ2) is 9.45. The molecule has 2 rings (SSSR count). The van der Waals surface area contributed by atoms with E-state index >= 15 is 0 Å². The van der Waals surface area contributed by atoms with Crippen molar-refractivity contribution in [2.45, 2.75) is 105 Å². The van der Waals surface area contributed by atoms with E-state index in [4.69, 9.17) is 9.47 Å². The number of ether oxygens (including phenoxy) is 2. The summed E-state index contributed by atoms with van der Waals surface area (Å²) in [6, 6.07) is 0. The third-order valence-electron chi connectivity index (χ3n) is 6.72. The van der Waals surface area contributed by atoms with Crippen LogP contribution >= 0.6 is 0 Å². The monoisotopic (exact) mass is 392 g/mol. The Bertz CT molecular complexity index is 498. The normalized spacial score (nSPS) is 29.5. The zero-order chi connectivity index (χ0) is 20.9. The van der Waals surface area contributed by atoms with E-state index in [-0.39, 0.29) is 12.2 Å². The molecule has 2 fully saturated rings. The number of rotatable bonds is 4. The summed E-state index contributed by atoms with van der Waals surface area (Å²) in [5.41, 5.74) is 0.620. The van der Waals surface area contributed by atoms with Crippen LogP contribution < -0.4 is 0 Å². The molecule has 160 valence electrons. The molecule has 0 radical (unpaired) electrons. The first-order valence-electron chi connectivity index (χ1n) is 11.0. The summed E-state index contributed by atoms with van der Waals surface area (Å²) in [5.74, 6) is 0.489. The number of hydrogen-bond acceptors (Lipinski definition) is 4. The molecule has 0 aromatic heterocycles. The molecule has 28 heavy (non-hydrogen) atoms. The first-order valence-corrected chi connectivity index (χ1v) is 11.0. The fourth-order valence-electron chi connectivity index (χ4n) is 4.64. The zero-order valence-corrected chi connectivity index (χ0v) is 18.8. The van der Waals surface area contributed by atoms with Crippen LogP contribution in [0.2, 0.25) is 0 Å². The van der Waals surface area contributed by atoms with Crippen LogP contribution in [-0.2, 0) is 19.1 Å². The molecule has 2 aliphatic carbocycles. The van der Waals surface area contributed by atoms with Crippen LogP contribution in [0.5, 0.6) is 0 Å². The van der Waals surface area contributed by atoms with Gasteiger partial charge in [0.25, 0.3) is 0 Å². The highest BCUT2D eigenvalue weighted by molar-refractivity contribution is 5.91. The molecule has 2 saturated carbocycles. The minimum absolute atomic E-state index is 0.0283. The predicted molar refractivity (Wildman–Crippen MR) is 112 cm³/mol. The van der Waals surface area contributed by atoms with Gasteiger partial charge in [-0.25, -0.2) is 9.59 Å². The molecule has 0 bridgehead atoms. The minimum Gasteiger partial charge on any atom is -0.459 e. The molecule has 2 aliphatic rings. The van der Waals surface area contributed by atoms with Crippen molar-refractivity contribution in [2.75, 3.05) is 0 Å². The van der Waals surface area contributed by atoms with Crippen molar-refractivity contribution in [3.05, 3.63) is 12.2 Å². The second-order valence-electron chi connectivity index (χ2n) is 10.9. The summed E-state index contributed by atoms with van der Waals surface area (Å²) in [6.07, 6.45) is 10.4. The zero-order valence-electron chi connectivity index (χ0n) is 18.8. The van der Waals surface area contributed by atoms with Gasteiger partial charge in [0.05, 0.1) is 0 Å². The van der Waals surface area contributed by atoms with Crippen molar-refractivity contribution in [3.63, 3.8) is 0 Å². The summed E-state index contributed by atoms with van der Waals surface area (Å²) in [5, 5.41) is 0. The average Bonchev–Trinajstić information content (AvgIpc) is 2.59. The lowest BCUT2D eigenvalue weighted by Crippen LogP contribution is -2.30. The predicted octanol–water partition coefficient (Wildman–Crippen LogP) is 5.84. The quantitative estimate of drug-likeness (QED) is 0.445. The summed E-state index contributed by atoms with van der Waals surface area (Å²) >= 11 is 0. The van der Waals surface area contributed by atoms with Gasteiger partial charge in [0.2, 0.25) is 0 Å². The lowest BCUT2D eigenvalue weighted by molar-refractivity contribution is -0.148. The summed E-state index contributed by atoms with van der Waals surface area (Å²) in [7, 11) is 0. The van der Waals surface area contributed by atoms with Gasteiger partial charge in [0, 0.05) is 12.2 Å². The van der Waals surface area contributed by atoms with Gasteiger partial charge in [-0.2, -0.15) is 0 Å². The topological polar surface area (TPSA) is 52.6 Å². The molecule has 4 heteroatoms. The van der Waals surface area contributed by atoms with E-state index in [1.165, 1.54) is 12.2 Å². The van der Waals surface area contributed by atoms with Crippen LogP contribution in [0.25, 0.3) is 0 Å². The lowest BCUT2D eigenvalue weighted by atomic mass is 9.72. The molecule has 0 amide bonds. The van der Waals surface area contributed by atoms with E-state index in [0.29, 0.717) is 22.7 Å². The van der Waals surface area contributed by atoms with Gasteiger partial charge in [-0.05, 0) is 74.0 Å². The van der Waals surface area contributed by atoms with Crippen molar-refractivity contribution in [3.8, 4) is 0 Å². The Labute approximate surface area is 171 Å². The van der Waals surface area contributed by atoms with Crippen molar-refractivity contribution in [1.29, 1.82) is 0 Å². The molecule has 0 heterocycles. The van der Waals surface area contributed by atoms with Crippen LogP contribution in [-0.4, -0.2) is 24.1 Å².